The van der Waals surface area contributed by atoms with E-state index in [4.69, 9.17) is 5.73 Å². The summed E-state index contributed by atoms with van der Waals surface area (Å²) in [7, 11) is -1.28. The fraction of sp³-hybridized carbons (Fsp3) is 0.400. The smallest absolute Gasteiger partial charge is 0.229 e. The summed E-state index contributed by atoms with van der Waals surface area (Å²) in [6.45, 7) is 0.942. The normalized spacial score (nSPS) is 15.0. The number of nitrogen functional groups attached to an aromatic ring is 1. The number of fused-ring (bicyclic) bond motifs is 1. The van der Waals surface area contributed by atoms with E-state index in [1.54, 1.807) is 0 Å². The van der Waals surface area contributed by atoms with Crippen LogP contribution >= 0.6 is 0 Å². The van der Waals surface area contributed by atoms with E-state index in [0.717, 1.165) is 30.5 Å². The zero-order valence-electron chi connectivity index (χ0n) is 9.32. The Balaban J connectivity index is 2.43. The van der Waals surface area contributed by atoms with Crippen molar-refractivity contribution in [2.75, 3.05) is 35.2 Å². The van der Waals surface area contributed by atoms with Crippen LogP contribution in [-0.4, -0.2) is 28.3 Å². The molecule has 1 aromatic rings. The predicted molar refractivity (Wildman–Crippen MR) is 66.3 cm³/mol. The molecule has 0 bridgehead atoms. The molecule has 2 rings (SSSR count). The van der Waals surface area contributed by atoms with Gasteiger partial charge >= 0.3 is 0 Å². The Labute approximate surface area is 95.3 Å². The van der Waals surface area contributed by atoms with Crippen molar-refractivity contribution in [3.63, 3.8) is 0 Å². The molecule has 0 saturated heterocycles. The maximum Gasteiger partial charge on any atom is 0.229 e. The molecule has 16 heavy (non-hydrogen) atoms. The summed E-state index contributed by atoms with van der Waals surface area (Å²) in [6, 6.07) is 3.63. The number of nitrogens with two attached hydrogens (primary N) is 1. The van der Waals surface area contributed by atoms with Crippen LogP contribution in [0.3, 0.4) is 0 Å². The number of hydrogen-bond acceptors (Lipinski definition) is 4. The van der Waals surface area contributed by atoms with Gasteiger partial charge in [-0.15, -0.1) is 0 Å². The lowest BCUT2D eigenvalue weighted by Gasteiger charge is -2.14. The maximum atomic E-state index is 11.1. The average Bonchev–Trinajstić information content (AvgIpc) is 2.47. The first-order chi connectivity index (χ1) is 7.37. The molecule has 0 radical (unpaired) electrons. The van der Waals surface area contributed by atoms with Crippen molar-refractivity contribution < 1.29 is 8.42 Å². The van der Waals surface area contributed by atoms with Crippen molar-refractivity contribution >= 4 is 27.1 Å². The van der Waals surface area contributed by atoms with E-state index in [1.807, 2.05) is 19.2 Å². The summed E-state index contributed by atoms with van der Waals surface area (Å²) in [6.07, 6.45) is 2.04. The van der Waals surface area contributed by atoms with Gasteiger partial charge in [0.25, 0.3) is 0 Å². The second-order valence-electron chi connectivity index (χ2n) is 4.11. The van der Waals surface area contributed by atoms with Crippen LogP contribution in [0.2, 0.25) is 0 Å². The van der Waals surface area contributed by atoms with Gasteiger partial charge in [0.1, 0.15) is 0 Å². The van der Waals surface area contributed by atoms with E-state index >= 15 is 0 Å². The Morgan fingerprint density at radius 3 is 2.75 bits per heavy atom. The van der Waals surface area contributed by atoms with Gasteiger partial charge in [-0.05, 0) is 24.1 Å². The number of hydrogen-bond donors (Lipinski definition) is 2. The molecule has 1 aromatic carbocycles. The quantitative estimate of drug-likeness (QED) is 0.745. The molecule has 1 aliphatic heterocycles. The number of anilines is 3. The zero-order valence-corrected chi connectivity index (χ0v) is 10.1. The third-order valence-corrected chi connectivity index (χ3v) is 3.26. The van der Waals surface area contributed by atoms with Crippen molar-refractivity contribution in [1.29, 1.82) is 0 Å². The molecular formula is C10H15N3O2S. The highest BCUT2D eigenvalue weighted by Gasteiger charge is 2.18. The Bertz CT molecular complexity index is 525. The van der Waals surface area contributed by atoms with Crippen molar-refractivity contribution in [3.05, 3.63) is 17.7 Å². The maximum absolute atomic E-state index is 11.1. The number of nitrogens with zero attached hydrogens (tertiary/aromatic N) is 1. The first kappa shape index (κ1) is 11.1. The molecular weight excluding hydrogens is 226 g/mol. The first-order valence-corrected chi connectivity index (χ1v) is 6.87. The predicted octanol–water partition coefficient (Wildman–Crippen LogP) is 0.633. The Hall–Kier alpha value is -1.43. The molecule has 0 unspecified atom stereocenters. The standard InChI is InChI=1S/C10H15N3O2S/c1-13-4-3-7-5-9(12-16(2,14)15)8(11)6-10(7)13/h5-6,12H,3-4,11H2,1-2H3. The van der Waals surface area contributed by atoms with Crippen LogP contribution < -0.4 is 15.4 Å². The molecule has 0 aliphatic carbocycles. The lowest BCUT2D eigenvalue weighted by molar-refractivity contribution is 0.607. The van der Waals surface area contributed by atoms with Gasteiger partial charge in [0.2, 0.25) is 10.0 Å². The third kappa shape index (κ3) is 2.06. The highest BCUT2D eigenvalue weighted by molar-refractivity contribution is 7.92. The Kier molecular flexibility index (Phi) is 2.46. The number of likely N-dealkylation sites (N-methyl/N-ethyl adjacent to an activating group) is 1. The molecule has 0 fully saturated rings. The topological polar surface area (TPSA) is 75.4 Å². The zero-order chi connectivity index (χ0) is 11.9. The SMILES string of the molecule is CN1CCc2cc(NS(C)(=O)=O)c(N)cc21. The number of nitrogens with one attached hydrogen (secondary N) is 1. The molecule has 5 nitrogen and oxygen atoms in total. The second kappa shape index (κ2) is 3.55. The van der Waals surface area contributed by atoms with Crippen LogP contribution in [0.1, 0.15) is 5.56 Å². The summed E-state index contributed by atoms with van der Waals surface area (Å²) in [4.78, 5) is 2.11. The van der Waals surface area contributed by atoms with Crippen molar-refractivity contribution in [2.45, 2.75) is 6.42 Å². The van der Waals surface area contributed by atoms with E-state index in [1.165, 1.54) is 0 Å². The molecule has 1 aliphatic rings. The molecule has 0 spiro atoms. The van der Waals surface area contributed by atoms with Crippen LogP contribution in [0, 0.1) is 0 Å². The number of sulfonamides is 1. The fourth-order valence-corrected chi connectivity index (χ4v) is 2.48. The third-order valence-electron chi connectivity index (χ3n) is 2.67. The summed E-state index contributed by atoms with van der Waals surface area (Å²) in [5.41, 5.74) is 8.94. The van der Waals surface area contributed by atoms with Gasteiger partial charge in [0.15, 0.2) is 0 Å². The molecule has 0 saturated carbocycles. The minimum atomic E-state index is -3.27. The van der Waals surface area contributed by atoms with Gasteiger partial charge in [-0.25, -0.2) is 8.42 Å². The molecule has 0 aromatic heterocycles. The average molecular weight is 241 g/mol. The highest BCUT2D eigenvalue weighted by atomic mass is 32.2. The highest BCUT2D eigenvalue weighted by Crippen LogP contribution is 2.33. The molecule has 88 valence electrons. The van der Waals surface area contributed by atoms with Gasteiger partial charge in [-0.3, -0.25) is 4.72 Å². The van der Waals surface area contributed by atoms with Crippen molar-refractivity contribution in [2.24, 2.45) is 0 Å². The second-order valence-corrected chi connectivity index (χ2v) is 5.86. The summed E-state index contributed by atoms with van der Waals surface area (Å²) in [5, 5.41) is 0. The van der Waals surface area contributed by atoms with Crippen LogP contribution in [0.15, 0.2) is 12.1 Å². The lowest BCUT2D eigenvalue weighted by Crippen LogP contribution is -2.13. The molecule has 0 atom stereocenters. The van der Waals surface area contributed by atoms with Crippen LogP contribution in [-0.2, 0) is 16.4 Å². The lowest BCUT2D eigenvalue weighted by atomic mass is 10.1. The van der Waals surface area contributed by atoms with Gasteiger partial charge in [-0.2, -0.15) is 0 Å². The van der Waals surface area contributed by atoms with E-state index in [9.17, 15) is 8.42 Å². The molecule has 3 N–H and O–H groups in total. The van der Waals surface area contributed by atoms with Gasteiger partial charge in [0.05, 0.1) is 17.6 Å². The van der Waals surface area contributed by atoms with Crippen molar-refractivity contribution in [3.8, 4) is 0 Å². The number of rotatable bonds is 2. The van der Waals surface area contributed by atoms with E-state index in [-0.39, 0.29) is 0 Å². The van der Waals surface area contributed by atoms with Crippen LogP contribution in [0.4, 0.5) is 17.1 Å². The van der Waals surface area contributed by atoms with Gasteiger partial charge < -0.3 is 10.6 Å². The number of benzene rings is 1. The van der Waals surface area contributed by atoms with E-state index < -0.39 is 10.0 Å². The largest absolute Gasteiger partial charge is 0.397 e. The van der Waals surface area contributed by atoms with Crippen LogP contribution in [0.25, 0.3) is 0 Å². The molecule has 0 amide bonds. The van der Waals surface area contributed by atoms with Gasteiger partial charge in [-0.1, -0.05) is 0 Å². The Morgan fingerprint density at radius 1 is 1.44 bits per heavy atom. The fourth-order valence-electron chi connectivity index (χ4n) is 1.90. The van der Waals surface area contributed by atoms with E-state index in [2.05, 4.69) is 9.62 Å². The molecule has 6 heteroatoms. The van der Waals surface area contributed by atoms with Crippen LogP contribution in [0.5, 0.6) is 0 Å². The minimum Gasteiger partial charge on any atom is -0.397 e. The monoisotopic (exact) mass is 241 g/mol. The summed E-state index contributed by atoms with van der Waals surface area (Å²) >= 11 is 0. The molecule has 1 heterocycles. The minimum absolute atomic E-state index is 0.456. The van der Waals surface area contributed by atoms with E-state index in [0.29, 0.717) is 11.4 Å². The summed E-state index contributed by atoms with van der Waals surface area (Å²) < 4.78 is 24.7. The van der Waals surface area contributed by atoms with Crippen molar-refractivity contribution in [1.82, 2.24) is 0 Å². The first-order valence-electron chi connectivity index (χ1n) is 4.98. The van der Waals surface area contributed by atoms with Gasteiger partial charge in [0, 0.05) is 19.3 Å². The summed E-state index contributed by atoms with van der Waals surface area (Å²) in [5.74, 6) is 0. The Morgan fingerprint density at radius 2 is 2.12 bits per heavy atom.